The van der Waals surface area contributed by atoms with Crippen LogP contribution in [0.15, 0.2) is 36.4 Å². The summed E-state index contributed by atoms with van der Waals surface area (Å²) >= 11 is 0. The standard InChI is InChI=1S/C18H23NO/c20-18(12-14-6-1-2-7-14)19-13-16-10-5-9-15-8-3-4-11-17(15)16/h1,3-4,6,8,11,14,16H,2,5,7,9-10,12-13H2,(H,19,20). The van der Waals surface area contributed by atoms with Gasteiger partial charge in [0.2, 0.25) is 5.91 Å². The molecule has 0 radical (unpaired) electrons. The second-order valence-corrected chi connectivity index (χ2v) is 6.06. The number of carbonyl (C=O) groups excluding carboxylic acids is 1. The minimum Gasteiger partial charge on any atom is -0.355 e. The molecule has 0 bridgehead atoms. The number of allylic oxidation sites excluding steroid dienone is 2. The first kappa shape index (κ1) is 13.4. The van der Waals surface area contributed by atoms with Gasteiger partial charge in [-0.1, -0.05) is 36.4 Å². The maximum Gasteiger partial charge on any atom is 0.220 e. The fraction of sp³-hybridized carbons (Fsp3) is 0.500. The maximum absolute atomic E-state index is 12.0. The number of carbonyl (C=O) groups is 1. The van der Waals surface area contributed by atoms with Crippen LogP contribution < -0.4 is 5.32 Å². The number of benzene rings is 1. The molecule has 1 N–H and O–H groups in total. The number of amides is 1. The van der Waals surface area contributed by atoms with Gasteiger partial charge < -0.3 is 5.32 Å². The first-order valence-corrected chi connectivity index (χ1v) is 7.84. The molecular weight excluding hydrogens is 246 g/mol. The lowest BCUT2D eigenvalue weighted by atomic mass is 9.83. The van der Waals surface area contributed by atoms with E-state index in [1.165, 1.54) is 30.4 Å². The van der Waals surface area contributed by atoms with Gasteiger partial charge in [-0.2, -0.15) is 0 Å². The SMILES string of the molecule is O=C(CC1C=CCC1)NCC1CCCc2ccccc21. The van der Waals surface area contributed by atoms with Crippen molar-refractivity contribution in [3.63, 3.8) is 0 Å². The van der Waals surface area contributed by atoms with Crippen LogP contribution in [0.3, 0.4) is 0 Å². The zero-order valence-corrected chi connectivity index (χ0v) is 12.0. The third kappa shape index (κ3) is 3.12. The molecule has 0 spiro atoms. The molecule has 106 valence electrons. The molecule has 3 rings (SSSR count). The summed E-state index contributed by atoms with van der Waals surface area (Å²) in [6.07, 6.45) is 10.9. The van der Waals surface area contributed by atoms with Gasteiger partial charge in [0.25, 0.3) is 0 Å². The van der Waals surface area contributed by atoms with E-state index in [0.717, 1.165) is 19.4 Å². The number of hydrogen-bond acceptors (Lipinski definition) is 1. The summed E-state index contributed by atoms with van der Waals surface area (Å²) < 4.78 is 0. The third-order valence-electron chi connectivity index (χ3n) is 4.60. The molecule has 20 heavy (non-hydrogen) atoms. The highest BCUT2D eigenvalue weighted by Crippen LogP contribution is 2.30. The van der Waals surface area contributed by atoms with Crippen LogP contribution in [-0.4, -0.2) is 12.5 Å². The van der Waals surface area contributed by atoms with Gasteiger partial charge in [-0.3, -0.25) is 4.79 Å². The van der Waals surface area contributed by atoms with Crippen molar-refractivity contribution in [3.05, 3.63) is 47.5 Å². The van der Waals surface area contributed by atoms with Gasteiger partial charge in [0.15, 0.2) is 0 Å². The fourth-order valence-corrected chi connectivity index (χ4v) is 3.48. The van der Waals surface area contributed by atoms with Crippen molar-refractivity contribution in [1.82, 2.24) is 5.32 Å². The van der Waals surface area contributed by atoms with E-state index < -0.39 is 0 Å². The summed E-state index contributed by atoms with van der Waals surface area (Å²) in [5.41, 5.74) is 2.91. The molecule has 0 saturated heterocycles. The second-order valence-electron chi connectivity index (χ2n) is 6.06. The van der Waals surface area contributed by atoms with Gasteiger partial charge in [0.05, 0.1) is 0 Å². The van der Waals surface area contributed by atoms with Crippen molar-refractivity contribution in [2.75, 3.05) is 6.54 Å². The molecule has 0 aromatic heterocycles. The second kappa shape index (κ2) is 6.25. The van der Waals surface area contributed by atoms with E-state index in [0.29, 0.717) is 18.3 Å². The van der Waals surface area contributed by atoms with Crippen LogP contribution in [-0.2, 0) is 11.2 Å². The largest absolute Gasteiger partial charge is 0.355 e. The lowest BCUT2D eigenvalue weighted by molar-refractivity contribution is -0.121. The van der Waals surface area contributed by atoms with E-state index in [9.17, 15) is 4.79 Å². The molecule has 2 nitrogen and oxygen atoms in total. The highest BCUT2D eigenvalue weighted by Gasteiger charge is 2.21. The number of aryl methyl sites for hydroxylation is 1. The van der Waals surface area contributed by atoms with Crippen LogP contribution in [0, 0.1) is 5.92 Å². The van der Waals surface area contributed by atoms with Gasteiger partial charge >= 0.3 is 0 Å². The Kier molecular flexibility index (Phi) is 4.19. The van der Waals surface area contributed by atoms with E-state index in [1.807, 2.05) is 0 Å². The number of fused-ring (bicyclic) bond motifs is 1. The average Bonchev–Trinajstić information content (AvgIpc) is 2.98. The van der Waals surface area contributed by atoms with E-state index >= 15 is 0 Å². The monoisotopic (exact) mass is 269 g/mol. The minimum atomic E-state index is 0.213. The zero-order valence-electron chi connectivity index (χ0n) is 12.0. The summed E-state index contributed by atoms with van der Waals surface area (Å²) in [5, 5.41) is 3.15. The third-order valence-corrected chi connectivity index (χ3v) is 4.60. The van der Waals surface area contributed by atoms with Crippen LogP contribution >= 0.6 is 0 Å². The van der Waals surface area contributed by atoms with Crippen LogP contribution in [0.25, 0.3) is 0 Å². The smallest absolute Gasteiger partial charge is 0.220 e. The zero-order chi connectivity index (χ0) is 13.8. The first-order chi connectivity index (χ1) is 9.83. The summed E-state index contributed by atoms with van der Waals surface area (Å²) in [4.78, 5) is 12.0. The molecule has 1 amide bonds. The lowest BCUT2D eigenvalue weighted by Crippen LogP contribution is -2.30. The van der Waals surface area contributed by atoms with Crippen molar-refractivity contribution in [2.45, 2.75) is 44.4 Å². The molecule has 2 heteroatoms. The van der Waals surface area contributed by atoms with Crippen molar-refractivity contribution in [3.8, 4) is 0 Å². The van der Waals surface area contributed by atoms with Gasteiger partial charge in [-0.05, 0) is 49.1 Å². The molecule has 0 aliphatic heterocycles. The Bertz CT molecular complexity index is 506. The highest BCUT2D eigenvalue weighted by molar-refractivity contribution is 5.76. The Morgan fingerprint density at radius 2 is 2.15 bits per heavy atom. The summed E-state index contributed by atoms with van der Waals surface area (Å²) in [5.74, 6) is 1.18. The summed E-state index contributed by atoms with van der Waals surface area (Å²) in [6.45, 7) is 0.798. The predicted molar refractivity (Wildman–Crippen MR) is 81.6 cm³/mol. The molecule has 2 aliphatic carbocycles. The summed E-state index contributed by atoms with van der Waals surface area (Å²) in [6, 6.07) is 8.69. The summed E-state index contributed by atoms with van der Waals surface area (Å²) in [7, 11) is 0. The van der Waals surface area contributed by atoms with Gasteiger partial charge in [-0.15, -0.1) is 0 Å². The predicted octanol–water partition coefficient (Wildman–Crippen LogP) is 3.58. The molecule has 1 aromatic rings. The van der Waals surface area contributed by atoms with Gasteiger partial charge in [0.1, 0.15) is 0 Å². The maximum atomic E-state index is 12.0. The molecule has 2 aliphatic rings. The van der Waals surface area contributed by atoms with Gasteiger partial charge in [-0.25, -0.2) is 0 Å². The molecule has 0 heterocycles. The van der Waals surface area contributed by atoms with Crippen LogP contribution in [0.5, 0.6) is 0 Å². The normalized spacial score (nSPS) is 24.4. The van der Waals surface area contributed by atoms with Crippen molar-refractivity contribution in [1.29, 1.82) is 0 Å². The molecular formula is C18H23NO. The Hall–Kier alpha value is -1.57. The van der Waals surface area contributed by atoms with E-state index in [1.54, 1.807) is 0 Å². The molecule has 2 atom stereocenters. The average molecular weight is 269 g/mol. The van der Waals surface area contributed by atoms with Crippen molar-refractivity contribution < 1.29 is 4.79 Å². The van der Waals surface area contributed by atoms with Crippen molar-refractivity contribution in [2.24, 2.45) is 5.92 Å². The Morgan fingerprint density at radius 1 is 1.25 bits per heavy atom. The molecule has 0 fully saturated rings. The number of rotatable bonds is 4. The first-order valence-electron chi connectivity index (χ1n) is 7.84. The highest BCUT2D eigenvalue weighted by atomic mass is 16.1. The topological polar surface area (TPSA) is 29.1 Å². The van der Waals surface area contributed by atoms with Crippen LogP contribution in [0.1, 0.15) is 49.1 Å². The molecule has 2 unspecified atom stereocenters. The Labute approximate surface area is 121 Å². The van der Waals surface area contributed by atoms with E-state index in [2.05, 4.69) is 41.7 Å². The van der Waals surface area contributed by atoms with Crippen LogP contribution in [0.2, 0.25) is 0 Å². The van der Waals surface area contributed by atoms with Gasteiger partial charge in [0, 0.05) is 18.9 Å². The number of hydrogen-bond donors (Lipinski definition) is 1. The Balaban J connectivity index is 1.54. The molecule has 1 aromatic carbocycles. The van der Waals surface area contributed by atoms with E-state index in [4.69, 9.17) is 0 Å². The van der Waals surface area contributed by atoms with E-state index in [-0.39, 0.29) is 5.91 Å². The van der Waals surface area contributed by atoms with Crippen LogP contribution in [0.4, 0.5) is 0 Å². The fourth-order valence-electron chi connectivity index (χ4n) is 3.48. The molecule has 0 saturated carbocycles. The quantitative estimate of drug-likeness (QED) is 0.832. The number of nitrogens with one attached hydrogen (secondary N) is 1. The minimum absolute atomic E-state index is 0.213. The Morgan fingerprint density at radius 3 is 3.00 bits per heavy atom. The lowest BCUT2D eigenvalue weighted by Gasteiger charge is -2.25. The van der Waals surface area contributed by atoms with Crippen molar-refractivity contribution >= 4 is 5.91 Å².